The Morgan fingerprint density at radius 3 is 1.54 bits per heavy atom. The van der Waals surface area contributed by atoms with Crippen molar-refractivity contribution < 1.29 is 12.9 Å². The molecule has 0 aromatic rings. The van der Waals surface area contributed by atoms with E-state index in [2.05, 4.69) is 11.1 Å². The van der Waals surface area contributed by atoms with Crippen molar-refractivity contribution in [3.8, 4) is 0 Å². The van der Waals surface area contributed by atoms with Crippen molar-refractivity contribution in [1.82, 2.24) is 0 Å². The van der Waals surface area contributed by atoms with E-state index in [-0.39, 0.29) is 6.61 Å². The lowest BCUT2D eigenvalue weighted by atomic mass is 10.0. The summed E-state index contributed by atoms with van der Waals surface area (Å²) in [4.78, 5) is 0. The summed E-state index contributed by atoms with van der Waals surface area (Å²) in [6, 6.07) is 0. The first kappa shape index (κ1) is 23.8. The Labute approximate surface area is 153 Å². The fourth-order valence-corrected chi connectivity index (χ4v) is 3.10. The quantitative estimate of drug-likeness (QED) is 0.148. The van der Waals surface area contributed by atoms with Crippen molar-refractivity contribution in [2.24, 2.45) is 0 Å². The molecule has 0 aromatic carbocycles. The molecule has 1 unspecified atom stereocenters. The smallest absolute Gasteiger partial charge is 0.0845 e. The molecule has 0 saturated carbocycles. The predicted molar refractivity (Wildman–Crippen MR) is 104 cm³/mol. The molecular formula is C20H39O3S-. The molecule has 0 aromatic heterocycles. The first-order valence-corrected chi connectivity index (χ1v) is 11.1. The van der Waals surface area contributed by atoms with Crippen LogP contribution in [0, 0.1) is 0 Å². The lowest BCUT2D eigenvalue weighted by Gasteiger charge is -2.03. The van der Waals surface area contributed by atoms with Crippen LogP contribution in [0.25, 0.3) is 0 Å². The molecule has 3 nitrogen and oxygen atoms in total. The maximum absolute atomic E-state index is 10.1. The minimum absolute atomic E-state index is 0.162. The van der Waals surface area contributed by atoms with Gasteiger partial charge in [0.15, 0.2) is 0 Å². The van der Waals surface area contributed by atoms with E-state index in [1.165, 1.54) is 96.3 Å². The zero-order valence-corrected chi connectivity index (χ0v) is 16.6. The lowest BCUT2D eigenvalue weighted by Crippen LogP contribution is -1.94. The standard InChI is InChI=1S/C20H40O3S/c1-2-3-4-5-6-7-8-9-10-11-12-13-14-15-16-17-18-19-20-23-24(21)22/h18-19H,2-17,20H2,1H3,(H,21,22)/p-1. The highest BCUT2D eigenvalue weighted by Crippen LogP contribution is 2.13. The number of hydrogen-bond acceptors (Lipinski definition) is 3. The van der Waals surface area contributed by atoms with E-state index in [0.29, 0.717) is 0 Å². The lowest BCUT2D eigenvalue weighted by molar-refractivity contribution is 0.334. The van der Waals surface area contributed by atoms with Gasteiger partial charge in [-0.25, -0.2) is 4.21 Å². The summed E-state index contributed by atoms with van der Waals surface area (Å²) < 4.78 is 24.7. The highest BCUT2D eigenvalue weighted by atomic mass is 32.2. The third-order valence-electron chi connectivity index (χ3n) is 4.40. The second kappa shape index (κ2) is 20.9. The van der Waals surface area contributed by atoms with Crippen LogP contribution in [0.15, 0.2) is 12.2 Å². The Bertz CT molecular complexity index is 293. The van der Waals surface area contributed by atoms with Crippen LogP contribution in [-0.2, 0) is 15.5 Å². The number of allylic oxidation sites excluding steroid dienone is 1. The van der Waals surface area contributed by atoms with Gasteiger partial charge in [0.1, 0.15) is 0 Å². The van der Waals surface area contributed by atoms with Gasteiger partial charge in [0, 0.05) is 0 Å². The summed E-state index contributed by atoms with van der Waals surface area (Å²) in [5, 5.41) is 0. The van der Waals surface area contributed by atoms with Crippen LogP contribution in [0.5, 0.6) is 0 Å². The van der Waals surface area contributed by atoms with Gasteiger partial charge in [-0.2, -0.15) is 0 Å². The topological polar surface area (TPSA) is 49.4 Å². The van der Waals surface area contributed by atoms with Crippen molar-refractivity contribution in [3.63, 3.8) is 0 Å². The van der Waals surface area contributed by atoms with Crippen LogP contribution in [-0.4, -0.2) is 15.4 Å². The van der Waals surface area contributed by atoms with Gasteiger partial charge in [-0.3, -0.25) is 4.18 Å². The average Bonchev–Trinajstić information content (AvgIpc) is 2.56. The normalized spacial score (nSPS) is 12.9. The van der Waals surface area contributed by atoms with Crippen LogP contribution >= 0.6 is 0 Å². The minimum Gasteiger partial charge on any atom is -0.750 e. The average molecular weight is 360 g/mol. The van der Waals surface area contributed by atoms with Crippen LogP contribution in [0.2, 0.25) is 0 Å². The van der Waals surface area contributed by atoms with Crippen LogP contribution in [0.4, 0.5) is 0 Å². The van der Waals surface area contributed by atoms with Crippen molar-refractivity contribution in [1.29, 1.82) is 0 Å². The fraction of sp³-hybridized carbons (Fsp3) is 0.900. The molecule has 0 rings (SSSR count). The van der Waals surface area contributed by atoms with Gasteiger partial charge < -0.3 is 4.55 Å². The van der Waals surface area contributed by atoms with E-state index >= 15 is 0 Å². The number of unbranched alkanes of at least 4 members (excludes halogenated alkanes) is 15. The van der Waals surface area contributed by atoms with Gasteiger partial charge in [0.2, 0.25) is 0 Å². The van der Waals surface area contributed by atoms with Crippen molar-refractivity contribution in [3.05, 3.63) is 12.2 Å². The third kappa shape index (κ3) is 21.8. The zero-order valence-electron chi connectivity index (χ0n) is 15.8. The van der Waals surface area contributed by atoms with Crippen LogP contribution in [0.1, 0.15) is 110 Å². The molecule has 0 radical (unpaired) electrons. The Morgan fingerprint density at radius 1 is 0.708 bits per heavy atom. The molecule has 0 heterocycles. The van der Waals surface area contributed by atoms with E-state index in [9.17, 15) is 8.76 Å². The van der Waals surface area contributed by atoms with Gasteiger partial charge in [0.25, 0.3) is 0 Å². The Balaban J connectivity index is 3.04. The van der Waals surface area contributed by atoms with E-state index < -0.39 is 11.4 Å². The Kier molecular flexibility index (Phi) is 20.7. The maximum atomic E-state index is 10.1. The Morgan fingerprint density at radius 2 is 1.12 bits per heavy atom. The van der Waals surface area contributed by atoms with Gasteiger partial charge >= 0.3 is 0 Å². The second-order valence-electron chi connectivity index (χ2n) is 6.70. The molecule has 0 bridgehead atoms. The number of hydrogen-bond donors (Lipinski definition) is 0. The number of rotatable bonds is 19. The van der Waals surface area contributed by atoms with Crippen molar-refractivity contribution >= 4 is 11.4 Å². The molecule has 0 fully saturated rings. The summed E-state index contributed by atoms with van der Waals surface area (Å²) in [6.45, 7) is 2.44. The highest BCUT2D eigenvalue weighted by molar-refractivity contribution is 7.74. The first-order valence-electron chi connectivity index (χ1n) is 10.1. The summed E-state index contributed by atoms with van der Waals surface area (Å²) in [5.41, 5.74) is 0. The summed E-state index contributed by atoms with van der Waals surface area (Å²) in [7, 11) is 0. The summed E-state index contributed by atoms with van der Waals surface area (Å²) in [6.07, 6.45) is 25.5. The van der Waals surface area contributed by atoms with Crippen molar-refractivity contribution in [2.45, 2.75) is 110 Å². The highest BCUT2D eigenvalue weighted by Gasteiger charge is 1.94. The van der Waals surface area contributed by atoms with Gasteiger partial charge in [-0.15, -0.1) is 0 Å². The van der Waals surface area contributed by atoms with E-state index in [1.54, 1.807) is 6.08 Å². The van der Waals surface area contributed by atoms with Crippen LogP contribution in [0.3, 0.4) is 0 Å². The van der Waals surface area contributed by atoms with Crippen LogP contribution < -0.4 is 0 Å². The van der Waals surface area contributed by atoms with E-state index in [0.717, 1.165) is 6.42 Å². The fourth-order valence-electron chi connectivity index (χ4n) is 2.91. The Hall–Kier alpha value is -0.190. The predicted octanol–water partition coefficient (Wildman–Crippen LogP) is 6.61. The molecular weight excluding hydrogens is 320 g/mol. The van der Waals surface area contributed by atoms with Gasteiger partial charge in [0.05, 0.1) is 18.0 Å². The molecule has 144 valence electrons. The largest absolute Gasteiger partial charge is 0.750 e. The molecule has 0 saturated heterocycles. The van der Waals surface area contributed by atoms with E-state index in [1.807, 2.05) is 6.08 Å². The molecule has 24 heavy (non-hydrogen) atoms. The molecule has 0 spiro atoms. The molecule has 4 heteroatoms. The van der Waals surface area contributed by atoms with Gasteiger partial charge in [-0.05, 0) is 12.8 Å². The molecule has 0 aliphatic carbocycles. The first-order chi connectivity index (χ1) is 11.8. The molecule has 0 amide bonds. The maximum Gasteiger partial charge on any atom is 0.0845 e. The molecule has 0 aliphatic rings. The van der Waals surface area contributed by atoms with E-state index in [4.69, 9.17) is 0 Å². The minimum atomic E-state index is -2.39. The zero-order chi connectivity index (χ0) is 17.7. The monoisotopic (exact) mass is 359 g/mol. The summed E-state index contributed by atoms with van der Waals surface area (Å²) in [5.74, 6) is 0. The SMILES string of the molecule is CCCCCCCCCCCCCCCCCC=CCOS(=O)[O-]. The summed E-state index contributed by atoms with van der Waals surface area (Å²) >= 11 is -2.39. The molecule has 0 N–H and O–H groups in total. The third-order valence-corrected chi connectivity index (χ3v) is 4.73. The second-order valence-corrected chi connectivity index (χ2v) is 7.34. The van der Waals surface area contributed by atoms with Crippen molar-refractivity contribution in [2.75, 3.05) is 6.61 Å². The molecule has 1 atom stereocenters. The molecule has 0 aliphatic heterocycles. The van der Waals surface area contributed by atoms with Gasteiger partial charge in [-0.1, -0.05) is 109 Å².